The van der Waals surface area contributed by atoms with E-state index in [2.05, 4.69) is 29.2 Å². The smallest absolute Gasteiger partial charge is 0.328 e. The van der Waals surface area contributed by atoms with Crippen molar-refractivity contribution >= 4 is 11.9 Å². The molecule has 2 heterocycles. The lowest BCUT2D eigenvalue weighted by atomic mass is 9.85. The largest absolute Gasteiger partial charge is 0.375 e. The van der Waals surface area contributed by atoms with Crippen LogP contribution in [-0.2, 0) is 29.1 Å². The first-order valence-electron chi connectivity index (χ1n) is 13.2. The Labute approximate surface area is 219 Å². The molecule has 0 aliphatic carbocycles. The molecule has 6 heteroatoms. The molecule has 6 nitrogen and oxygen atoms in total. The number of nitrogens with zero attached hydrogens (tertiary/aromatic N) is 3. The molecule has 3 aromatic carbocycles. The van der Waals surface area contributed by atoms with Crippen molar-refractivity contribution in [1.82, 2.24) is 14.7 Å². The lowest BCUT2D eigenvalue weighted by Crippen LogP contribution is -2.57. The summed E-state index contributed by atoms with van der Waals surface area (Å²) in [6.45, 7) is 4.48. The number of ether oxygens (including phenoxy) is 1. The van der Waals surface area contributed by atoms with E-state index in [0.717, 1.165) is 31.6 Å². The molecule has 0 saturated carbocycles. The number of carbonyl (C=O) groups is 2. The van der Waals surface area contributed by atoms with Crippen molar-refractivity contribution in [3.63, 3.8) is 0 Å². The van der Waals surface area contributed by atoms with Crippen LogP contribution < -0.4 is 0 Å². The van der Waals surface area contributed by atoms with Crippen molar-refractivity contribution in [3.05, 3.63) is 108 Å². The zero-order valence-electron chi connectivity index (χ0n) is 21.3. The molecule has 0 atom stereocenters. The fourth-order valence-electron chi connectivity index (χ4n) is 5.47. The summed E-state index contributed by atoms with van der Waals surface area (Å²) >= 11 is 0. The van der Waals surface area contributed by atoms with Crippen molar-refractivity contribution in [2.24, 2.45) is 0 Å². The van der Waals surface area contributed by atoms with Crippen LogP contribution >= 0.6 is 0 Å². The normalized spacial score (nSPS) is 17.6. The van der Waals surface area contributed by atoms with Crippen LogP contribution in [-0.4, -0.2) is 65.0 Å². The fraction of sp³-hybridized carbons (Fsp3) is 0.355. The second-order valence-electron chi connectivity index (χ2n) is 9.96. The van der Waals surface area contributed by atoms with Crippen LogP contribution in [0.25, 0.3) is 0 Å². The van der Waals surface area contributed by atoms with E-state index in [4.69, 9.17) is 4.74 Å². The minimum absolute atomic E-state index is 0.0469. The summed E-state index contributed by atoms with van der Waals surface area (Å²) in [7, 11) is 0. The van der Waals surface area contributed by atoms with Crippen LogP contribution in [0.5, 0.6) is 0 Å². The maximum atomic E-state index is 13.9. The van der Waals surface area contributed by atoms with E-state index in [0.29, 0.717) is 39.1 Å². The average Bonchev–Trinajstić information content (AvgIpc) is 3.13. The predicted molar refractivity (Wildman–Crippen MR) is 144 cm³/mol. The highest BCUT2D eigenvalue weighted by molar-refractivity contribution is 6.07. The Kier molecular flexibility index (Phi) is 7.97. The molecule has 0 N–H and O–H groups in total. The van der Waals surface area contributed by atoms with Crippen LogP contribution in [0.1, 0.15) is 29.5 Å². The first-order valence-corrected chi connectivity index (χ1v) is 13.2. The average molecular weight is 498 g/mol. The summed E-state index contributed by atoms with van der Waals surface area (Å²) in [6.07, 6.45) is 2.03. The molecule has 0 aromatic heterocycles. The summed E-state index contributed by atoms with van der Waals surface area (Å²) in [4.78, 5) is 33.2. The molecule has 3 amide bonds. The van der Waals surface area contributed by atoms with Crippen LogP contribution in [0, 0.1) is 0 Å². The molecule has 2 aliphatic rings. The second-order valence-corrected chi connectivity index (χ2v) is 9.96. The highest BCUT2D eigenvalue weighted by Crippen LogP contribution is 2.38. The van der Waals surface area contributed by atoms with Gasteiger partial charge in [-0.05, 0) is 36.0 Å². The molecule has 3 aromatic rings. The molecule has 192 valence electrons. The number of hydrogen-bond donors (Lipinski definition) is 0. The van der Waals surface area contributed by atoms with Crippen molar-refractivity contribution in [3.8, 4) is 0 Å². The third kappa shape index (κ3) is 5.76. The van der Waals surface area contributed by atoms with Gasteiger partial charge in [0.05, 0.1) is 19.8 Å². The third-order valence-electron chi connectivity index (χ3n) is 7.62. The van der Waals surface area contributed by atoms with Gasteiger partial charge in [0.2, 0.25) is 0 Å². The summed E-state index contributed by atoms with van der Waals surface area (Å²) < 4.78 is 5.89. The van der Waals surface area contributed by atoms with Crippen molar-refractivity contribution in [2.45, 2.75) is 38.0 Å². The highest BCUT2D eigenvalue weighted by atomic mass is 16.5. The Hall–Kier alpha value is -3.48. The van der Waals surface area contributed by atoms with E-state index in [1.165, 1.54) is 16.0 Å². The van der Waals surface area contributed by atoms with Gasteiger partial charge in [-0.1, -0.05) is 91.0 Å². The topological polar surface area (TPSA) is 53.1 Å². The van der Waals surface area contributed by atoms with Gasteiger partial charge >= 0.3 is 6.03 Å². The quantitative estimate of drug-likeness (QED) is 0.300. The fourth-order valence-corrected chi connectivity index (χ4v) is 5.47. The lowest BCUT2D eigenvalue weighted by Gasteiger charge is -2.42. The van der Waals surface area contributed by atoms with Gasteiger partial charge in [0.1, 0.15) is 5.54 Å². The Morgan fingerprint density at radius 3 is 1.89 bits per heavy atom. The zero-order valence-corrected chi connectivity index (χ0v) is 21.3. The van der Waals surface area contributed by atoms with Gasteiger partial charge < -0.3 is 14.5 Å². The van der Waals surface area contributed by atoms with Gasteiger partial charge in [0.15, 0.2) is 0 Å². The van der Waals surface area contributed by atoms with Crippen LogP contribution in [0.2, 0.25) is 0 Å². The van der Waals surface area contributed by atoms with Gasteiger partial charge in [-0.3, -0.25) is 9.69 Å². The molecular formula is C31H35N3O3. The molecule has 2 saturated heterocycles. The number of urea groups is 1. The molecule has 0 bridgehead atoms. The summed E-state index contributed by atoms with van der Waals surface area (Å²) in [5.74, 6) is -0.0469. The Morgan fingerprint density at radius 2 is 1.27 bits per heavy atom. The van der Waals surface area contributed by atoms with E-state index in [1.54, 1.807) is 0 Å². The summed E-state index contributed by atoms with van der Waals surface area (Å²) in [5, 5.41) is 0. The minimum Gasteiger partial charge on any atom is -0.375 e. The summed E-state index contributed by atoms with van der Waals surface area (Å²) in [6, 6.07) is 30.0. The van der Waals surface area contributed by atoms with Gasteiger partial charge in [-0.2, -0.15) is 0 Å². The van der Waals surface area contributed by atoms with Crippen molar-refractivity contribution in [2.75, 3.05) is 32.8 Å². The lowest BCUT2D eigenvalue weighted by molar-refractivity contribution is -0.136. The maximum absolute atomic E-state index is 13.9. The molecule has 37 heavy (non-hydrogen) atoms. The minimum atomic E-state index is -0.762. The second kappa shape index (κ2) is 11.7. The van der Waals surface area contributed by atoms with E-state index in [9.17, 15) is 9.59 Å². The molecule has 2 aliphatic heterocycles. The number of imide groups is 1. The Balaban J connectivity index is 1.24. The molecule has 0 radical (unpaired) electrons. The zero-order chi connectivity index (χ0) is 25.5. The number of amides is 3. The van der Waals surface area contributed by atoms with Gasteiger partial charge in [-0.15, -0.1) is 0 Å². The molecule has 5 rings (SSSR count). The third-order valence-corrected chi connectivity index (χ3v) is 7.62. The standard InChI is InChI=1S/C31H35N3O3/c35-29-31(17-20-32(21-18-31)22-23-37-25-28-14-8-3-9-15-28)34(19-16-26-10-4-1-5-11-26)30(36)33(29)24-27-12-6-2-7-13-27/h1-15H,16-25H2. The van der Waals surface area contributed by atoms with Crippen LogP contribution in [0.4, 0.5) is 4.79 Å². The van der Waals surface area contributed by atoms with Crippen LogP contribution in [0.15, 0.2) is 91.0 Å². The Bertz CT molecular complexity index is 1160. The predicted octanol–water partition coefficient (Wildman–Crippen LogP) is 4.74. The van der Waals surface area contributed by atoms with E-state index >= 15 is 0 Å². The number of carbonyl (C=O) groups excluding carboxylic acids is 2. The number of piperidine rings is 1. The Morgan fingerprint density at radius 1 is 0.703 bits per heavy atom. The van der Waals surface area contributed by atoms with Gasteiger partial charge in [0, 0.05) is 26.2 Å². The first-order chi connectivity index (χ1) is 18.2. The van der Waals surface area contributed by atoms with E-state index in [1.807, 2.05) is 71.6 Å². The number of rotatable bonds is 10. The van der Waals surface area contributed by atoms with Crippen molar-refractivity contribution < 1.29 is 14.3 Å². The molecule has 2 fully saturated rings. The maximum Gasteiger partial charge on any atom is 0.328 e. The van der Waals surface area contributed by atoms with Crippen molar-refractivity contribution in [1.29, 1.82) is 0 Å². The molecular weight excluding hydrogens is 462 g/mol. The molecule has 1 spiro atoms. The monoisotopic (exact) mass is 497 g/mol. The molecule has 0 unspecified atom stereocenters. The first kappa shape index (κ1) is 25.2. The summed E-state index contributed by atoms with van der Waals surface area (Å²) in [5.41, 5.74) is 2.55. The number of likely N-dealkylation sites (tertiary alicyclic amines) is 1. The van der Waals surface area contributed by atoms with Gasteiger partial charge in [0.25, 0.3) is 5.91 Å². The van der Waals surface area contributed by atoms with Crippen LogP contribution in [0.3, 0.4) is 0 Å². The van der Waals surface area contributed by atoms with Gasteiger partial charge in [-0.25, -0.2) is 4.79 Å². The number of benzene rings is 3. The van der Waals surface area contributed by atoms with E-state index in [-0.39, 0.29) is 11.9 Å². The number of hydrogen-bond acceptors (Lipinski definition) is 4. The SMILES string of the molecule is O=C1N(Cc2ccccc2)C(=O)C2(CCN(CCOCc3ccccc3)CC2)N1CCc1ccccc1. The van der Waals surface area contributed by atoms with E-state index < -0.39 is 5.54 Å². The highest BCUT2D eigenvalue weighted by Gasteiger charge is 2.57.